The molecule has 0 atom stereocenters. The van der Waals surface area contributed by atoms with Crippen LogP contribution in [-0.2, 0) is 5.60 Å². The van der Waals surface area contributed by atoms with E-state index < -0.39 is 38.6 Å². The summed E-state index contributed by atoms with van der Waals surface area (Å²) in [4.78, 5) is 9.38. The summed E-state index contributed by atoms with van der Waals surface area (Å²) in [6, 6.07) is 1.07. The van der Waals surface area contributed by atoms with Crippen LogP contribution in [0.25, 0.3) is 0 Å². The van der Waals surface area contributed by atoms with Gasteiger partial charge < -0.3 is 5.11 Å². The highest BCUT2D eigenvalue weighted by Gasteiger charge is 2.72. The first kappa shape index (κ1) is 16.7. The van der Waals surface area contributed by atoms with Gasteiger partial charge in [-0.05, 0) is 6.07 Å². The first-order valence-electron chi connectivity index (χ1n) is 4.62. The van der Waals surface area contributed by atoms with Gasteiger partial charge in [0.05, 0.1) is 4.92 Å². The Kier molecular flexibility index (Phi) is 4.07. The highest BCUT2D eigenvalue weighted by molar-refractivity contribution is 9.10. The van der Waals surface area contributed by atoms with Crippen molar-refractivity contribution in [3.63, 3.8) is 0 Å². The topological polar surface area (TPSA) is 63.4 Å². The van der Waals surface area contributed by atoms with E-state index in [1.807, 2.05) is 0 Å². The van der Waals surface area contributed by atoms with Crippen molar-refractivity contribution in [2.75, 3.05) is 0 Å². The number of nitro groups is 1. The summed E-state index contributed by atoms with van der Waals surface area (Å²) in [5, 5.41) is 19.5. The summed E-state index contributed by atoms with van der Waals surface area (Å²) < 4.78 is 74.7. The van der Waals surface area contributed by atoms with Gasteiger partial charge in [0.1, 0.15) is 0 Å². The Morgan fingerprint density at radius 1 is 1.10 bits per heavy atom. The molecule has 11 heteroatoms. The molecule has 0 saturated heterocycles. The number of rotatable bonds is 2. The maximum Gasteiger partial charge on any atom is 0.430 e. The van der Waals surface area contributed by atoms with Crippen LogP contribution in [0.15, 0.2) is 22.7 Å². The Morgan fingerprint density at radius 2 is 1.55 bits per heavy atom. The molecule has 0 radical (unpaired) electrons. The zero-order valence-corrected chi connectivity index (χ0v) is 10.7. The third-order valence-electron chi connectivity index (χ3n) is 2.37. The Bertz CT molecular complexity index is 527. The Morgan fingerprint density at radius 3 is 1.85 bits per heavy atom. The molecule has 0 aromatic heterocycles. The van der Waals surface area contributed by atoms with E-state index in [-0.39, 0.29) is 6.07 Å². The highest BCUT2D eigenvalue weighted by Crippen LogP contribution is 2.52. The lowest BCUT2D eigenvalue weighted by molar-refractivity contribution is -0.385. The molecular formula is C9H4BrF6NO3. The molecule has 0 unspecified atom stereocenters. The van der Waals surface area contributed by atoms with Crippen LogP contribution < -0.4 is 0 Å². The molecular weight excluding hydrogens is 364 g/mol. The van der Waals surface area contributed by atoms with Gasteiger partial charge in [-0.2, -0.15) is 26.3 Å². The number of non-ortho nitro benzene ring substituents is 1. The fourth-order valence-corrected chi connectivity index (χ4v) is 2.03. The minimum Gasteiger partial charge on any atom is -0.369 e. The Hall–Kier alpha value is -1.36. The van der Waals surface area contributed by atoms with Gasteiger partial charge in [-0.25, -0.2) is 0 Å². The van der Waals surface area contributed by atoms with E-state index in [2.05, 4.69) is 15.9 Å². The molecule has 0 heterocycles. The first-order valence-corrected chi connectivity index (χ1v) is 5.42. The smallest absolute Gasteiger partial charge is 0.369 e. The van der Waals surface area contributed by atoms with E-state index in [9.17, 15) is 36.5 Å². The lowest BCUT2D eigenvalue weighted by Crippen LogP contribution is -2.54. The quantitative estimate of drug-likeness (QED) is 0.492. The van der Waals surface area contributed by atoms with E-state index in [1.54, 1.807) is 0 Å². The van der Waals surface area contributed by atoms with Crippen LogP contribution in [0.2, 0.25) is 0 Å². The second-order valence-corrected chi connectivity index (χ2v) is 4.48. The molecule has 1 aromatic carbocycles. The van der Waals surface area contributed by atoms with Crippen LogP contribution in [0, 0.1) is 10.1 Å². The van der Waals surface area contributed by atoms with Gasteiger partial charge >= 0.3 is 12.4 Å². The van der Waals surface area contributed by atoms with Gasteiger partial charge in [0.2, 0.25) is 0 Å². The van der Waals surface area contributed by atoms with Gasteiger partial charge in [0.25, 0.3) is 11.3 Å². The summed E-state index contributed by atoms with van der Waals surface area (Å²) in [5.74, 6) is 0. The monoisotopic (exact) mass is 367 g/mol. The van der Waals surface area contributed by atoms with Crippen molar-refractivity contribution >= 4 is 21.6 Å². The molecule has 1 aromatic rings. The number of alkyl halides is 6. The van der Waals surface area contributed by atoms with Crippen molar-refractivity contribution in [2.24, 2.45) is 0 Å². The van der Waals surface area contributed by atoms with Gasteiger partial charge in [0.15, 0.2) is 0 Å². The summed E-state index contributed by atoms with van der Waals surface area (Å²) >= 11 is 2.37. The van der Waals surface area contributed by atoms with Crippen LogP contribution in [-0.4, -0.2) is 22.4 Å². The van der Waals surface area contributed by atoms with Crippen molar-refractivity contribution in [3.8, 4) is 0 Å². The number of nitro benzene ring substituents is 1. The molecule has 0 aliphatic carbocycles. The zero-order valence-electron chi connectivity index (χ0n) is 9.09. The van der Waals surface area contributed by atoms with E-state index in [0.717, 1.165) is 0 Å². The number of hydrogen-bond acceptors (Lipinski definition) is 3. The van der Waals surface area contributed by atoms with Gasteiger partial charge in [-0.15, -0.1) is 0 Å². The molecule has 1 N–H and O–H groups in total. The molecule has 20 heavy (non-hydrogen) atoms. The molecule has 0 fully saturated rings. The molecule has 112 valence electrons. The fraction of sp³-hybridized carbons (Fsp3) is 0.333. The number of halogens is 7. The molecule has 4 nitrogen and oxygen atoms in total. The van der Waals surface area contributed by atoms with Crippen LogP contribution in [0.3, 0.4) is 0 Å². The van der Waals surface area contributed by atoms with Crippen molar-refractivity contribution in [1.29, 1.82) is 0 Å². The normalized spacial score (nSPS) is 13.4. The molecule has 1 rings (SSSR count). The average Bonchev–Trinajstić information content (AvgIpc) is 2.24. The van der Waals surface area contributed by atoms with Gasteiger partial charge in [0, 0.05) is 22.2 Å². The Labute approximate surface area is 115 Å². The minimum atomic E-state index is -6.05. The highest BCUT2D eigenvalue weighted by atomic mass is 79.9. The standard InChI is InChI=1S/C9H4BrF6NO3/c10-6-3-4(17(19)20)1-2-5(6)7(18,8(11,12)13)9(14,15)16/h1-3,18H. The predicted molar refractivity (Wildman–Crippen MR) is 56.8 cm³/mol. The summed E-state index contributed by atoms with van der Waals surface area (Å²) in [6.07, 6.45) is -12.1. The number of nitrogens with zero attached hydrogens (tertiary/aromatic N) is 1. The largest absolute Gasteiger partial charge is 0.430 e. The lowest BCUT2D eigenvalue weighted by Gasteiger charge is -2.33. The van der Waals surface area contributed by atoms with Crippen molar-refractivity contribution in [1.82, 2.24) is 0 Å². The summed E-state index contributed by atoms with van der Waals surface area (Å²) in [5.41, 5.74) is -7.44. The van der Waals surface area contributed by atoms with Crippen LogP contribution in [0.5, 0.6) is 0 Å². The molecule has 0 aliphatic rings. The fourth-order valence-electron chi connectivity index (χ4n) is 1.38. The maximum atomic E-state index is 12.6. The summed E-state index contributed by atoms with van der Waals surface area (Å²) in [7, 11) is 0. The molecule has 0 bridgehead atoms. The van der Waals surface area contributed by atoms with Crippen molar-refractivity contribution in [3.05, 3.63) is 38.3 Å². The van der Waals surface area contributed by atoms with E-state index in [0.29, 0.717) is 12.1 Å². The third kappa shape index (κ3) is 2.59. The van der Waals surface area contributed by atoms with Gasteiger partial charge in [-0.3, -0.25) is 10.1 Å². The van der Waals surface area contributed by atoms with Crippen LogP contribution in [0.4, 0.5) is 32.0 Å². The van der Waals surface area contributed by atoms with Crippen molar-refractivity contribution < 1.29 is 36.4 Å². The second kappa shape index (κ2) is 4.88. The third-order valence-corrected chi connectivity index (χ3v) is 3.03. The lowest BCUT2D eigenvalue weighted by atomic mass is 9.92. The van der Waals surface area contributed by atoms with E-state index >= 15 is 0 Å². The van der Waals surface area contributed by atoms with Crippen LogP contribution >= 0.6 is 15.9 Å². The zero-order chi connectivity index (χ0) is 15.9. The molecule has 0 aliphatic heterocycles. The number of benzene rings is 1. The van der Waals surface area contributed by atoms with Crippen LogP contribution in [0.1, 0.15) is 5.56 Å². The number of aliphatic hydroxyl groups is 1. The van der Waals surface area contributed by atoms with Crippen molar-refractivity contribution in [2.45, 2.75) is 18.0 Å². The number of hydrogen-bond donors (Lipinski definition) is 1. The van der Waals surface area contributed by atoms with E-state index in [1.165, 1.54) is 0 Å². The second-order valence-electron chi connectivity index (χ2n) is 3.63. The maximum absolute atomic E-state index is 12.6. The summed E-state index contributed by atoms with van der Waals surface area (Å²) in [6.45, 7) is 0. The SMILES string of the molecule is O=[N+]([O-])c1ccc(C(O)(C(F)(F)F)C(F)(F)F)c(Br)c1. The molecule has 0 amide bonds. The predicted octanol–water partition coefficient (Wildman–Crippen LogP) is 3.67. The van der Waals surface area contributed by atoms with E-state index in [4.69, 9.17) is 5.11 Å². The van der Waals surface area contributed by atoms with Gasteiger partial charge in [-0.1, -0.05) is 15.9 Å². The Balaban J connectivity index is 3.57. The first-order chi connectivity index (χ1) is 8.82. The molecule has 0 spiro atoms. The average molecular weight is 368 g/mol. The molecule has 0 saturated carbocycles. The minimum absolute atomic E-state index is 0.198.